The summed E-state index contributed by atoms with van der Waals surface area (Å²) in [5.74, 6) is -0.0566. The Labute approximate surface area is 146 Å². The Morgan fingerprint density at radius 1 is 1.20 bits per heavy atom. The Balaban J connectivity index is 1.43. The van der Waals surface area contributed by atoms with Gasteiger partial charge in [-0.25, -0.2) is 0 Å². The predicted molar refractivity (Wildman–Crippen MR) is 93.4 cm³/mol. The summed E-state index contributed by atoms with van der Waals surface area (Å²) in [5.41, 5.74) is 3.26. The smallest absolute Gasteiger partial charge is 0.255 e. The molecule has 0 atom stereocenters. The minimum absolute atomic E-state index is 0.0566. The Morgan fingerprint density at radius 3 is 2.72 bits per heavy atom. The number of nitrogens with zero attached hydrogens (tertiary/aromatic N) is 5. The molecule has 1 amide bonds. The first-order valence-corrected chi connectivity index (χ1v) is 8.74. The lowest BCUT2D eigenvalue weighted by atomic mass is 9.91. The van der Waals surface area contributed by atoms with E-state index in [1.54, 1.807) is 6.20 Å². The van der Waals surface area contributed by atoms with Gasteiger partial charge in [0.05, 0.1) is 23.5 Å². The molecule has 25 heavy (non-hydrogen) atoms. The third-order valence-electron chi connectivity index (χ3n) is 4.96. The van der Waals surface area contributed by atoms with Crippen LogP contribution in [0.4, 0.5) is 0 Å². The molecular weight excluding hydrogens is 316 g/mol. The third-order valence-corrected chi connectivity index (χ3v) is 4.96. The van der Waals surface area contributed by atoms with Crippen molar-refractivity contribution in [1.82, 2.24) is 29.9 Å². The van der Waals surface area contributed by atoms with Crippen LogP contribution in [0.3, 0.4) is 0 Å². The average molecular weight is 338 g/mol. The number of aromatic nitrogens is 5. The van der Waals surface area contributed by atoms with E-state index in [2.05, 4.69) is 38.4 Å². The van der Waals surface area contributed by atoms with Crippen molar-refractivity contribution in [1.29, 1.82) is 0 Å². The van der Waals surface area contributed by atoms with Crippen LogP contribution in [0.1, 0.15) is 53.3 Å². The van der Waals surface area contributed by atoms with Crippen molar-refractivity contribution >= 4 is 11.4 Å². The zero-order valence-corrected chi connectivity index (χ0v) is 14.5. The number of amides is 1. The van der Waals surface area contributed by atoms with E-state index in [1.165, 1.54) is 10.2 Å². The molecule has 130 valence electrons. The minimum atomic E-state index is -0.0566. The van der Waals surface area contributed by atoms with Gasteiger partial charge in [-0.05, 0) is 57.2 Å². The Kier molecular flexibility index (Phi) is 3.99. The van der Waals surface area contributed by atoms with Gasteiger partial charge in [-0.1, -0.05) is 0 Å². The number of fused-ring (bicyclic) bond motifs is 1. The number of carbonyl (C=O) groups is 1. The molecule has 1 fully saturated rings. The van der Waals surface area contributed by atoms with E-state index in [4.69, 9.17) is 0 Å². The lowest BCUT2D eigenvalue weighted by molar-refractivity contribution is 0.0922. The number of nitrogens with one attached hydrogen (secondary N) is 1. The maximum atomic E-state index is 12.8. The molecule has 1 aliphatic carbocycles. The fourth-order valence-corrected chi connectivity index (χ4v) is 3.66. The van der Waals surface area contributed by atoms with Gasteiger partial charge in [-0.2, -0.15) is 19.9 Å². The summed E-state index contributed by atoms with van der Waals surface area (Å²) in [6.07, 6.45) is 9.65. The van der Waals surface area contributed by atoms with E-state index in [9.17, 15) is 4.79 Å². The number of hydrogen-bond donors (Lipinski definition) is 1. The first-order valence-electron chi connectivity index (χ1n) is 8.74. The summed E-state index contributed by atoms with van der Waals surface area (Å²) in [4.78, 5) is 12.8. The molecule has 1 saturated carbocycles. The zero-order valence-electron chi connectivity index (χ0n) is 14.5. The molecule has 3 heterocycles. The monoisotopic (exact) mass is 338 g/mol. The molecule has 0 radical (unpaired) electrons. The number of aryl methyl sites for hydroxylation is 2. The Morgan fingerprint density at radius 2 is 2.00 bits per heavy atom. The van der Waals surface area contributed by atoms with Gasteiger partial charge < -0.3 is 5.32 Å². The summed E-state index contributed by atoms with van der Waals surface area (Å²) in [6.45, 7) is 3.91. The molecule has 7 heteroatoms. The molecule has 0 saturated heterocycles. The maximum Gasteiger partial charge on any atom is 0.255 e. The lowest BCUT2D eigenvalue weighted by Crippen LogP contribution is -2.38. The molecule has 3 aromatic heterocycles. The number of rotatable bonds is 3. The van der Waals surface area contributed by atoms with E-state index in [-0.39, 0.29) is 11.9 Å². The van der Waals surface area contributed by atoms with E-state index in [1.807, 2.05) is 25.3 Å². The van der Waals surface area contributed by atoms with Gasteiger partial charge in [-0.15, -0.1) is 0 Å². The molecule has 7 nitrogen and oxygen atoms in total. The standard InChI is InChI=1S/C18H22N6O/c1-12-10-20-23(11-12)15-7-5-14(6-8-15)21-18(25)17-13(2)22-24-16(17)4-3-9-19-24/h3-4,9-11,14-15H,5-8H2,1-2H3,(H,21,25). The normalized spacial score (nSPS) is 20.7. The van der Waals surface area contributed by atoms with Gasteiger partial charge in [0.15, 0.2) is 0 Å². The van der Waals surface area contributed by atoms with Gasteiger partial charge in [0.2, 0.25) is 0 Å². The molecule has 0 unspecified atom stereocenters. The topological polar surface area (TPSA) is 77.1 Å². The molecule has 0 bridgehead atoms. The van der Waals surface area contributed by atoms with Gasteiger partial charge in [0.1, 0.15) is 5.52 Å². The van der Waals surface area contributed by atoms with Crippen molar-refractivity contribution in [2.24, 2.45) is 0 Å². The van der Waals surface area contributed by atoms with Gasteiger partial charge >= 0.3 is 0 Å². The first-order chi connectivity index (χ1) is 12.1. The second-order valence-corrected chi connectivity index (χ2v) is 6.84. The van der Waals surface area contributed by atoms with Crippen LogP contribution in [0.2, 0.25) is 0 Å². The van der Waals surface area contributed by atoms with E-state index in [0.29, 0.717) is 17.3 Å². The van der Waals surface area contributed by atoms with Crippen molar-refractivity contribution in [2.75, 3.05) is 0 Å². The highest BCUT2D eigenvalue weighted by atomic mass is 16.1. The van der Waals surface area contributed by atoms with Crippen LogP contribution >= 0.6 is 0 Å². The van der Waals surface area contributed by atoms with Gasteiger partial charge in [-0.3, -0.25) is 9.48 Å². The van der Waals surface area contributed by atoms with Crippen LogP contribution in [-0.4, -0.2) is 36.6 Å². The summed E-state index contributed by atoms with van der Waals surface area (Å²) in [5, 5.41) is 16.1. The Bertz CT molecular complexity index is 903. The fraction of sp³-hybridized carbons (Fsp3) is 0.444. The van der Waals surface area contributed by atoms with Gasteiger partial charge in [0, 0.05) is 18.4 Å². The predicted octanol–water partition coefficient (Wildman–Crippen LogP) is 2.46. The van der Waals surface area contributed by atoms with E-state index >= 15 is 0 Å². The van der Waals surface area contributed by atoms with E-state index in [0.717, 1.165) is 31.2 Å². The van der Waals surface area contributed by atoms with Crippen molar-refractivity contribution in [3.8, 4) is 0 Å². The van der Waals surface area contributed by atoms with Crippen molar-refractivity contribution in [2.45, 2.75) is 51.6 Å². The first kappa shape index (κ1) is 15.8. The number of hydrogen-bond acceptors (Lipinski definition) is 4. The van der Waals surface area contributed by atoms with Crippen molar-refractivity contribution < 1.29 is 4.79 Å². The second kappa shape index (κ2) is 6.31. The summed E-state index contributed by atoms with van der Waals surface area (Å²) in [7, 11) is 0. The molecule has 1 aliphatic rings. The van der Waals surface area contributed by atoms with Crippen LogP contribution in [0, 0.1) is 13.8 Å². The van der Waals surface area contributed by atoms with Crippen molar-refractivity contribution in [3.63, 3.8) is 0 Å². The second-order valence-electron chi connectivity index (χ2n) is 6.84. The molecule has 3 aromatic rings. The van der Waals surface area contributed by atoms with Crippen LogP contribution in [0.5, 0.6) is 0 Å². The molecular formula is C18H22N6O. The van der Waals surface area contributed by atoms with Crippen LogP contribution in [0.25, 0.3) is 5.52 Å². The average Bonchev–Trinajstić information content (AvgIpc) is 3.18. The largest absolute Gasteiger partial charge is 0.349 e. The minimum Gasteiger partial charge on any atom is -0.349 e. The molecule has 0 aliphatic heterocycles. The zero-order chi connectivity index (χ0) is 17.4. The highest BCUT2D eigenvalue weighted by Crippen LogP contribution is 2.28. The van der Waals surface area contributed by atoms with Crippen LogP contribution in [-0.2, 0) is 0 Å². The highest BCUT2D eigenvalue weighted by Gasteiger charge is 2.26. The van der Waals surface area contributed by atoms with Crippen molar-refractivity contribution in [3.05, 3.63) is 47.5 Å². The summed E-state index contributed by atoms with van der Waals surface area (Å²) >= 11 is 0. The summed E-state index contributed by atoms with van der Waals surface area (Å²) in [6, 6.07) is 4.33. The molecule has 0 aromatic carbocycles. The SMILES string of the molecule is Cc1cnn(C2CCC(NC(=O)c3c(C)nn4ncccc34)CC2)c1. The molecule has 0 spiro atoms. The van der Waals surface area contributed by atoms with E-state index < -0.39 is 0 Å². The quantitative estimate of drug-likeness (QED) is 0.796. The Hall–Kier alpha value is -2.70. The fourth-order valence-electron chi connectivity index (χ4n) is 3.66. The summed E-state index contributed by atoms with van der Waals surface area (Å²) < 4.78 is 3.58. The van der Waals surface area contributed by atoms with Crippen LogP contribution < -0.4 is 5.32 Å². The van der Waals surface area contributed by atoms with Crippen LogP contribution in [0.15, 0.2) is 30.7 Å². The lowest BCUT2D eigenvalue weighted by Gasteiger charge is -2.29. The number of carbonyl (C=O) groups excluding carboxylic acids is 1. The maximum absolute atomic E-state index is 12.8. The highest BCUT2D eigenvalue weighted by molar-refractivity contribution is 6.02. The third kappa shape index (κ3) is 3.01. The molecule has 4 rings (SSSR count). The molecule has 1 N–H and O–H groups in total. The van der Waals surface area contributed by atoms with Gasteiger partial charge in [0.25, 0.3) is 5.91 Å².